The van der Waals surface area contributed by atoms with E-state index in [1.54, 1.807) is 61.7 Å². The van der Waals surface area contributed by atoms with Crippen molar-refractivity contribution in [2.45, 2.75) is 6.92 Å². The zero-order valence-electron chi connectivity index (χ0n) is 17.1. The van der Waals surface area contributed by atoms with E-state index in [1.807, 2.05) is 36.0 Å². The normalized spacial score (nSPS) is 10.4. The number of carbonyl (C=O) groups excluding carboxylic acids is 1. The highest BCUT2D eigenvalue weighted by Gasteiger charge is 2.07. The number of hydrogen-bond acceptors (Lipinski definition) is 5. The number of methoxy groups -OCH3 is 1. The number of carbonyl (C=O) groups is 1. The van der Waals surface area contributed by atoms with Crippen LogP contribution >= 0.6 is 0 Å². The van der Waals surface area contributed by atoms with Crippen LogP contribution < -0.4 is 20.1 Å². The van der Waals surface area contributed by atoms with Gasteiger partial charge in [-0.25, -0.2) is 9.78 Å². The number of benzene rings is 2. The molecule has 156 valence electrons. The first kappa shape index (κ1) is 20.0. The summed E-state index contributed by atoms with van der Waals surface area (Å²) in [7, 11) is 1.59. The monoisotopic (exact) mass is 415 g/mol. The van der Waals surface area contributed by atoms with Crippen LogP contribution in [0, 0.1) is 6.92 Å². The van der Waals surface area contributed by atoms with Gasteiger partial charge >= 0.3 is 6.03 Å². The summed E-state index contributed by atoms with van der Waals surface area (Å²) in [6, 6.07) is 19.4. The van der Waals surface area contributed by atoms with E-state index in [2.05, 4.69) is 20.6 Å². The highest BCUT2D eigenvalue weighted by molar-refractivity contribution is 5.99. The third kappa shape index (κ3) is 5.18. The first-order valence-corrected chi connectivity index (χ1v) is 9.58. The maximum Gasteiger partial charge on any atom is 0.323 e. The van der Waals surface area contributed by atoms with Crippen molar-refractivity contribution in [1.29, 1.82) is 0 Å². The second-order valence-electron chi connectivity index (χ2n) is 6.64. The second kappa shape index (κ2) is 9.00. The van der Waals surface area contributed by atoms with Gasteiger partial charge < -0.3 is 24.7 Å². The summed E-state index contributed by atoms with van der Waals surface area (Å²) in [5.41, 5.74) is 1.29. The molecule has 0 spiro atoms. The topological polar surface area (TPSA) is 90.3 Å². The van der Waals surface area contributed by atoms with E-state index in [1.165, 1.54) is 0 Å². The Balaban J connectivity index is 1.38. The van der Waals surface area contributed by atoms with E-state index in [9.17, 15) is 4.79 Å². The molecule has 4 rings (SSSR count). The van der Waals surface area contributed by atoms with Crippen molar-refractivity contribution in [3.05, 3.63) is 84.9 Å². The van der Waals surface area contributed by atoms with Gasteiger partial charge in [-0.1, -0.05) is 0 Å². The molecule has 0 radical (unpaired) electrons. The quantitative estimate of drug-likeness (QED) is 0.461. The molecule has 0 aliphatic rings. The third-order valence-electron chi connectivity index (χ3n) is 4.35. The molecule has 8 heteroatoms. The zero-order chi connectivity index (χ0) is 21.6. The van der Waals surface area contributed by atoms with Crippen LogP contribution in [-0.2, 0) is 0 Å². The van der Waals surface area contributed by atoms with Crippen LogP contribution in [0.4, 0.5) is 16.2 Å². The number of anilines is 2. The summed E-state index contributed by atoms with van der Waals surface area (Å²) in [5.74, 6) is 3.09. The fourth-order valence-electron chi connectivity index (χ4n) is 2.89. The number of aromatic nitrogens is 3. The molecule has 0 fully saturated rings. The van der Waals surface area contributed by atoms with Gasteiger partial charge in [-0.15, -0.1) is 0 Å². The molecule has 2 N–H and O–H groups in total. The minimum Gasteiger partial charge on any atom is -0.497 e. The van der Waals surface area contributed by atoms with Gasteiger partial charge in [-0.05, 0) is 67.6 Å². The number of urea groups is 1. The molecule has 4 aromatic rings. The third-order valence-corrected chi connectivity index (χ3v) is 4.35. The standard InChI is InChI=1S/C23H21N5O3/c1-16-24-21(28-13-3-4-14-28)15-22(25-16)31-20-11-7-18(8-12-20)27-23(29)26-17-5-9-19(30-2)10-6-17/h3-15H,1-2H3,(H2,26,27,29). The molecule has 0 saturated carbocycles. The van der Waals surface area contributed by atoms with Crippen LogP contribution in [-0.4, -0.2) is 27.7 Å². The van der Waals surface area contributed by atoms with E-state index >= 15 is 0 Å². The number of rotatable bonds is 6. The van der Waals surface area contributed by atoms with Gasteiger partial charge in [0.1, 0.15) is 23.1 Å². The van der Waals surface area contributed by atoms with Crippen LogP contribution in [0.3, 0.4) is 0 Å². The summed E-state index contributed by atoms with van der Waals surface area (Å²) in [6.45, 7) is 1.81. The average molecular weight is 415 g/mol. The molecule has 0 bridgehead atoms. The van der Waals surface area contributed by atoms with E-state index in [4.69, 9.17) is 9.47 Å². The Morgan fingerprint density at radius 1 is 0.871 bits per heavy atom. The number of amides is 2. The van der Waals surface area contributed by atoms with Crippen molar-refractivity contribution in [1.82, 2.24) is 14.5 Å². The Labute approximate surface area is 179 Å². The van der Waals surface area contributed by atoms with Crippen LogP contribution in [0.25, 0.3) is 5.82 Å². The summed E-state index contributed by atoms with van der Waals surface area (Å²) in [4.78, 5) is 20.9. The Hall–Kier alpha value is -4.33. The molecule has 31 heavy (non-hydrogen) atoms. The van der Waals surface area contributed by atoms with Crippen molar-refractivity contribution in [2.24, 2.45) is 0 Å². The van der Waals surface area contributed by atoms with Crippen LogP contribution in [0.2, 0.25) is 0 Å². The van der Waals surface area contributed by atoms with Gasteiger partial charge in [-0.2, -0.15) is 4.98 Å². The molecule has 0 unspecified atom stereocenters. The summed E-state index contributed by atoms with van der Waals surface area (Å²) in [5, 5.41) is 5.55. The molecule has 8 nitrogen and oxygen atoms in total. The predicted molar refractivity (Wildman–Crippen MR) is 118 cm³/mol. The van der Waals surface area contributed by atoms with Gasteiger partial charge in [0.05, 0.1) is 7.11 Å². The van der Waals surface area contributed by atoms with Crippen molar-refractivity contribution in [2.75, 3.05) is 17.7 Å². The zero-order valence-corrected chi connectivity index (χ0v) is 17.1. The summed E-state index contributed by atoms with van der Waals surface area (Å²) >= 11 is 0. The van der Waals surface area contributed by atoms with Crippen molar-refractivity contribution >= 4 is 17.4 Å². The maximum atomic E-state index is 12.2. The van der Waals surface area contributed by atoms with Gasteiger partial charge in [0.15, 0.2) is 0 Å². The molecular formula is C23H21N5O3. The Morgan fingerprint density at radius 2 is 1.45 bits per heavy atom. The predicted octanol–water partition coefficient (Wildman–Crippen LogP) is 5.02. The van der Waals surface area contributed by atoms with Gasteiger partial charge in [-0.3, -0.25) is 0 Å². The van der Waals surface area contributed by atoms with E-state index in [0.29, 0.717) is 28.8 Å². The number of ether oxygens (including phenoxy) is 2. The lowest BCUT2D eigenvalue weighted by molar-refractivity contribution is 0.262. The van der Waals surface area contributed by atoms with Crippen LogP contribution in [0.5, 0.6) is 17.4 Å². The molecule has 0 aliphatic heterocycles. The minimum absolute atomic E-state index is 0.346. The number of aryl methyl sites for hydroxylation is 1. The lowest BCUT2D eigenvalue weighted by Gasteiger charge is -2.10. The largest absolute Gasteiger partial charge is 0.497 e. The molecule has 0 saturated heterocycles. The second-order valence-corrected chi connectivity index (χ2v) is 6.64. The minimum atomic E-state index is -0.346. The average Bonchev–Trinajstić information content (AvgIpc) is 3.30. The van der Waals surface area contributed by atoms with E-state index < -0.39 is 0 Å². The maximum absolute atomic E-state index is 12.2. The fourth-order valence-corrected chi connectivity index (χ4v) is 2.89. The van der Waals surface area contributed by atoms with Crippen molar-refractivity contribution < 1.29 is 14.3 Å². The molecule has 0 atom stereocenters. The van der Waals surface area contributed by atoms with Gasteiger partial charge in [0.2, 0.25) is 5.88 Å². The van der Waals surface area contributed by atoms with Gasteiger partial charge in [0, 0.05) is 29.8 Å². The molecule has 2 heterocycles. The summed E-state index contributed by atoms with van der Waals surface area (Å²) < 4.78 is 12.9. The number of nitrogens with zero attached hydrogens (tertiary/aromatic N) is 3. The van der Waals surface area contributed by atoms with E-state index in [-0.39, 0.29) is 6.03 Å². The van der Waals surface area contributed by atoms with E-state index in [0.717, 1.165) is 11.6 Å². The smallest absolute Gasteiger partial charge is 0.323 e. The first-order valence-electron chi connectivity index (χ1n) is 9.58. The lowest BCUT2D eigenvalue weighted by atomic mass is 10.3. The van der Waals surface area contributed by atoms with Crippen LogP contribution in [0.1, 0.15) is 5.82 Å². The number of nitrogens with one attached hydrogen (secondary N) is 2. The molecule has 2 aromatic carbocycles. The molecule has 2 aromatic heterocycles. The fraction of sp³-hybridized carbons (Fsp3) is 0.0870. The SMILES string of the molecule is COc1ccc(NC(=O)Nc2ccc(Oc3cc(-n4cccc4)nc(C)n3)cc2)cc1. The highest BCUT2D eigenvalue weighted by Crippen LogP contribution is 2.23. The molecule has 2 amide bonds. The highest BCUT2D eigenvalue weighted by atomic mass is 16.5. The molecule has 0 aliphatic carbocycles. The van der Waals surface area contributed by atoms with Gasteiger partial charge in [0.25, 0.3) is 0 Å². The Bertz CT molecular complexity index is 1160. The summed E-state index contributed by atoms with van der Waals surface area (Å²) in [6.07, 6.45) is 3.81. The van der Waals surface area contributed by atoms with Crippen LogP contribution in [0.15, 0.2) is 79.1 Å². The van der Waals surface area contributed by atoms with Crippen molar-refractivity contribution in [3.8, 4) is 23.2 Å². The Morgan fingerprint density at radius 3 is 2.03 bits per heavy atom. The molecular weight excluding hydrogens is 394 g/mol. The van der Waals surface area contributed by atoms with Crippen molar-refractivity contribution in [3.63, 3.8) is 0 Å². The lowest BCUT2D eigenvalue weighted by Crippen LogP contribution is -2.19. The Kier molecular flexibility index (Phi) is 5.79. The first-order chi connectivity index (χ1) is 15.1. The number of hydrogen-bond donors (Lipinski definition) is 2.